The number of rotatable bonds is 7. The molecule has 0 radical (unpaired) electrons. The minimum atomic E-state index is 0.630. The summed E-state index contributed by atoms with van der Waals surface area (Å²) in [6, 6.07) is 0. The summed E-state index contributed by atoms with van der Waals surface area (Å²) < 4.78 is 1.77. The molecular weight excluding hydrogens is 212 g/mol. The first-order chi connectivity index (χ1) is 7.99. The van der Waals surface area contributed by atoms with Crippen LogP contribution in [-0.4, -0.2) is 28.1 Å². The molecule has 1 rings (SSSR count). The normalized spacial score (nSPS) is 13.6. The summed E-state index contributed by atoms with van der Waals surface area (Å²) in [5, 5.41) is 11.7. The molecule has 98 valence electrons. The van der Waals surface area contributed by atoms with E-state index in [0.717, 1.165) is 25.2 Å². The fraction of sp³-hybridized carbons (Fsp3) is 0.846. The molecule has 1 aromatic rings. The van der Waals surface area contributed by atoms with Crippen molar-refractivity contribution < 1.29 is 0 Å². The van der Waals surface area contributed by atoms with Gasteiger partial charge < -0.3 is 5.32 Å². The Balaban J connectivity index is 2.43. The van der Waals surface area contributed by atoms with Crippen LogP contribution >= 0.6 is 0 Å². The molecular formula is C13H26N4. The van der Waals surface area contributed by atoms with Gasteiger partial charge in [-0.1, -0.05) is 32.9 Å². The molecule has 4 heteroatoms. The molecule has 1 N–H and O–H groups in total. The van der Waals surface area contributed by atoms with Crippen LogP contribution in [0.4, 0.5) is 0 Å². The minimum absolute atomic E-state index is 0.630. The first kappa shape index (κ1) is 14.2. The van der Waals surface area contributed by atoms with Crippen LogP contribution in [0.3, 0.4) is 0 Å². The Labute approximate surface area is 105 Å². The van der Waals surface area contributed by atoms with E-state index in [1.54, 1.807) is 4.68 Å². The van der Waals surface area contributed by atoms with E-state index >= 15 is 0 Å². The van der Waals surface area contributed by atoms with Crippen molar-refractivity contribution in [2.24, 2.45) is 24.8 Å². The zero-order valence-electron chi connectivity index (χ0n) is 11.8. The van der Waals surface area contributed by atoms with Crippen LogP contribution in [-0.2, 0) is 13.5 Å². The van der Waals surface area contributed by atoms with E-state index in [-0.39, 0.29) is 0 Å². The third kappa shape index (κ3) is 5.31. The lowest BCUT2D eigenvalue weighted by Gasteiger charge is -2.21. The third-order valence-electron chi connectivity index (χ3n) is 3.02. The van der Waals surface area contributed by atoms with E-state index in [2.05, 4.69) is 43.3 Å². The highest BCUT2D eigenvalue weighted by Gasteiger charge is 2.15. The highest BCUT2D eigenvalue weighted by Crippen LogP contribution is 2.15. The van der Waals surface area contributed by atoms with Crippen molar-refractivity contribution in [3.63, 3.8) is 0 Å². The molecule has 0 saturated carbocycles. The van der Waals surface area contributed by atoms with Crippen molar-refractivity contribution in [3.05, 3.63) is 11.9 Å². The molecule has 0 aliphatic rings. The molecule has 4 nitrogen and oxygen atoms in total. The number of hydrogen-bond acceptors (Lipinski definition) is 3. The predicted molar refractivity (Wildman–Crippen MR) is 70.7 cm³/mol. The average molecular weight is 238 g/mol. The van der Waals surface area contributed by atoms with Gasteiger partial charge in [0.1, 0.15) is 0 Å². The van der Waals surface area contributed by atoms with Gasteiger partial charge in [0.05, 0.1) is 5.69 Å². The van der Waals surface area contributed by atoms with E-state index < -0.39 is 0 Å². The summed E-state index contributed by atoms with van der Waals surface area (Å²) in [6.07, 6.45) is 3.02. The lowest BCUT2D eigenvalue weighted by Crippen LogP contribution is -2.30. The van der Waals surface area contributed by atoms with Gasteiger partial charge in [-0.05, 0) is 37.3 Å². The number of aryl methyl sites for hydroxylation is 1. The second-order valence-corrected chi connectivity index (χ2v) is 5.64. The lowest BCUT2D eigenvalue weighted by atomic mass is 9.91. The molecule has 0 aliphatic carbocycles. The smallest absolute Gasteiger partial charge is 0.0830 e. The van der Waals surface area contributed by atoms with Crippen molar-refractivity contribution >= 4 is 0 Å². The topological polar surface area (TPSA) is 42.7 Å². The number of nitrogens with one attached hydrogen (secondary N) is 1. The summed E-state index contributed by atoms with van der Waals surface area (Å²) in [5.74, 6) is 2.00. The summed E-state index contributed by atoms with van der Waals surface area (Å²) >= 11 is 0. The average Bonchev–Trinajstić information content (AvgIpc) is 2.62. The zero-order chi connectivity index (χ0) is 12.8. The van der Waals surface area contributed by atoms with Crippen LogP contribution in [0.1, 0.15) is 33.4 Å². The van der Waals surface area contributed by atoms with Gasteiger partial charge in [-0.2, -0.15) is 0 Å². The molecule has 1 atom stereocenters. The Morgan fingerprint density at radius 1 is 1.24 bits per heavy atom. The molecule has 0 amide bonds. The van der Waals surface area contributed by atoms with Gasteiger partial charge in [0.25, 0.3) is 0 Å². The van der Waals surface area contributed by atoms with Gasteiger partial charge in [-0.25, -0.2) is 0 Å². The van der Waals surface area contributed by atoms with Gasteiger partial charge in [-0.15, -0.1) is 5.10 Å². The van der Waals surface area contributed by atoms with Crippen molar-refractivity contribution in [2.45, 2.75) is 34.1 Å². The molecule has 0 bridgehead atoms. The molecule has 1 aromatic heterocycles. The second kappa shape index (κ2) is 6.74. The highest BCUT2D eigenvalue weighted by molar-refractivity contribution is 4.94. The van der Waals surface area contributed by atoms with Crippen LogP contribution in [0.25, 0.3) is 0 Å². The van der Waals surface area contributed by atoms with E-state index in [0.29, 0.717) is 17.8 Å². The maximum absolute atomic E-state index is 4.17. The first-order valence-corrected chi connectivity index (χ1v) is 6.55. The van der Waals surface area contributed by atoms with Crippen molar-refractivity contribution in [2.75, 3.05) is 13.1 Å². The Kier molecular flexibility index (Phi) is 5.62. The van der Waals surface area contributed by atoms with Crippen molar-refractivity contribution in [1.29, 1.82) is 0 Å². The molecule has 0 spiro atoms. The van der Waals surface area contributed by atoms with Crippen LogP contribution in [0.15, 0.2) is 6.20 Å². The molecule has 0 saturated heterocycles. The van der Waals surface area contributed by atoms with Gasteiger partial charge >= 0.3 is 0 Å². The highest BCUT2D eigenvalue weighted by atomic mass is 15.4. The maximum Gasteiger partial charge on any atom is 0.0830 e. The number of hydrogen-bond donors (Lipinski definition) is 1. The molecule has 17 heavy (non-hydrogen) atoms. The largest absolute Gasteiger partial charge is 0.316 e. The van der Waals surface area contributed by atoms with Crippen LogP contribution < -0.4 is 5.32 Å². The summed E-state index contributed by atoms with van der Waals surface area (Å²) in [7, 11) is 1.91. The monoisotopic (exact) mass is 238 g/mol. The van der Waals surface area contributed by atoms with Crippen LogP contribution in [0.2, 0.25) is 0 Å². The molecule has 0 aromatic carbocycles. The zero-order valence-corrected chi connectivity index (χ0v) is 11.8. The van der Waals surface area contributed by atoms with Crippen molar-refractivity contribution in [3.8, 4) is 0 Å². The first-order valence-electron chi connectivity index (χ1n) is 6.55. The number of aromatic nitrogens is 3. The molecule has 1 heterocycles. The number of nitrogens with zero attached hydrogens (tertiary/aromatic N) is 3. The molecule has 0 aliphatic heterocycles. The lowest BCUT2D eigenvalue weighted by molar-refractivity contribution is 0.350. The van der Waals surface area contributed by atoms with E-state index in [1.165, 1.54) is 0 Å². The van der Waals surface area contributed by atoms with Crippen LogP contribution in [0.5, 0.6) is 0 Å². The predicted octanol–water partition coefficient (Wildman–Crippen LogP) is 1.88. The molecule has 1 unspecified atom stereocenters. The second-order valence-electron chi connectivity index (χ2n) is 5.64. The minimum Gasteiger partial charge on any atom is -0.316 e. The fourth-order valence-corrected chi connectivity index (χ4v) is 1.86. The Bertz CT molecular complexity index is 317. The van der Waals surface area contributed by atoms with Gasteiger partial charge in [0.2, 0.25) is 0 Å². The van der Waals surface area contributed by atoms with Gasteiger partial charge in [0, 0.05) is 13.2 Å². The van der Waals surface area contributed by atoms with E-state index in [9.17, 15) is 0 Å². The van der Waals surface area contributed by atoms with E-state index in [1.807, 2.05) is 13.2 Å². The summed E-state index contributed by atoms with van der Waals surface area (Å²) in [5.41, 5.74) is 1.09. The van der Waals surface area contributed by atoms with Crippen LogP contribution in [0, 0.1) is 17.8 Å². The SMILES string of the molecule is CC(C)CNCC(Cc1cn(C)nn1)C(C)C. The summed E-state index contributed by atoms with van der Waals surface area (Å²) in [4.78, 5) is 0. The quantitative estimate of drug-likeness (QED) is 0.788. The Morgan fingerprint density at radius 3 is 2.41 bits per heavy atom. The summed E-state index contributed by atoms with van der Waals surface area (Å²) in [6.45, 7) is 11.2. The Hall–Kier alpha value is -0.900. The van der Waals surface area contributed by atoms with E-state index in [4.69, 9.17) is 0 Å². The molecule has 0 fully saturated rings. The van der Waals surface area contributed by atoms with Gasteiger partial charge in [0.15, 0.2) is 0 Å². The van der Waals surface area contributed by atoms with Gasteiger partial charge in [-0.3, -0.25) is 4.68 Å². The fourth-order valence-electron chi connectivity index (χ4n) is 1.86. The third-order valence-corrected chi connectivity index (χ3v) is 3.02. The van der Waals surface area contributed by atoms with Crippen molar-refractivity contribution in [1.82, 2.24) is 20.3 Å². The Morgan fingerprint density at radius 2 is 1.94 bits per heavy atom. The maximum atomic E-state index is 4.17. The standard InChI is InChI=1S/C13H26N4/c1-10(2)7-14-8-12(11(3)4)6-13-9-17(5)16-15-13/h9-12,14H,6-8H2,1-5H3.